The van der Waals surface area contributed by atoms with E-state index in [-0.39, 0.29) is 6.42 Å². The number of hydrogen-bond donors (Lipinski definition) is 2. The number of rotatable bonds is 13. The molecule has 2 N–H and O–H groups in total. The Hall–Kier alpha value is -1.46. The summed E-state index contributed by atoms with van der Waals surface area (Å²) in [7, 11) is 0. The van der Waals surface area contributed by atoms with Crippen LogP contribution in [0.4, 0.5) is 0 Å². The molecule has 0 heterocycles. The van der Waals surface area contributed by atoms with E-state index in [9.17, 15) is 9.90 Å². The normalized spacial score (nSPS) is 12.4. The first kappa shape index (κ1) is 20.6. The van der Waals surface area contributed by atoms with Crippen molar-refractivity contribution in [3.63, 3.8) is 0 Å². The summed E-state index contributed by atoms with van der Waals surface area (Å²) in [5.74, 6) is 1.41. The van der Waals surface area contributed by atoms with Crippen LogP contribution in [-0.2, 0) is 4.79 Å². The van der Waals surface area contributed by atoms with Gasteiger partial charge in [-0.3, -0.25) is 4.79 Å². The van der Waals surface area contributed by atoms with Crippen LogP contribution in [0.3, 0.4) is 0 Å². The van der Waals surface area contributed by atoms with Gasteiger partial charge >= 0.3 is 5.97 Å². The van der Waals surface area contributed by atoms with Crippen LogP contribution >= 0.6 is 11.8 Å². The maximum absolute atomic E-state index is 10.4. The molecule has 0 aliphatic carbocycles. The molecule has 0 aliphatic rings. The van der Waals surface area contributed by atoms with E-state index in [0.717, 1.165) is 42.7 Å². The lowest BCUT2D eigenvalue weighted by Crippen LogP contribution is -1.99. The van der Waals surface area contributed by atoms with Crippen LogP contribution in [0.15, 0.2) is 36.4 Å². The van der Waals surface area contributed by atoms with Gasteiger partial charge in [0.15, 0.2) is 0 Å². The number of carboxylic acids is 1. The number of carboxylic acid groups (broad SMARTS) is 1. The number of aliphatic hydroxyl groups excluding tert-OH is 1. The number of carbonyl (C=O) groups is 1. The Morgan fingerprint density at radius 2 is 2.17 bits per heavy atom. The van der Waals surface area contributed by atoms with Crippen molar-refractivity contribution < 1.29 is 19.7 Å². The SMILES string of the molecule is CCCCCC(O)c1cccc(OCC=CCSCCC(=O)O)c1. The summed E-state index contributed by atoms with van der Waals surface area (Å²) in [5, 5.41) is 18.7. The Morgan fingerprint density at radius 1 is 1.33 bits per heavy atom. The van der Waals surface area contributed by atoms with E-state index in [4.69, 9.17) is 9.84 Å². The van der Waals surface area contributed by atoms with E-state index < -0.39 is 12.1 Å². The van der Waals surface area contributed by atoms with E-state index in [0.29, 0.717) is 12.4 Å². The van der Waals surface area contributed by atoms with E-state index in [1.807, 2.05) is 36.4 Å². The highest BCUT2D eigenvalue weighted by Gasteiger charge is 2.07. The van der Waals surface area contributed by atoms with Crippen molar-refractivity contribution >= 4 is 17.7 Å². The first-order chi connectivity index (χ1) is 11.6. The van der Waals surface area contributed by atoms with Crippen LogP contribution in [0.2, 0.25) is 0 Å². The van der Waals surface area contributed by atoms with Crippen molar-refractivity contribution in [2.75, 3.05) is 18.1 Å². The third-order valence-electron chi connectivity index (χ3n) is 3.51. The molecule has 0 aliphatic heterocycles. The molecule has 4 nitrogen and oxygen atoms in total. The van der Waals surface area contributed by atoms with Crippen molar-refractivity contribution in [1.29, 1.82) is 0 Å². The van der Waals surface area contributed by atoms with Gasteiger partial charge in [0, 0.05) is 11.5 Å². The smallest absolute Gasteiger partial charge is 0.304 e. The van der Waals surface area contributed by atoms with Gasteiger partial charge in [-0.15, -0.1) is 0 Å². The fourth-order valence-corrected chi connectivity index (χ4v) is 2.92. The van der Waals surface area contributed by atoms with Gasteiger partial charge in [0.2, 0.25) is 0 Å². The minimum absolute atomic E-state index is 0.197. The molecular formula is C19H28O4S. The number of benzene rings is 1. The number of hydrogen-bond acceptors (Lipinski definition) is 4. The molecule has 1 aromatic rings. The molecule has 0 saturated carbocycles. The van der Waals surface area contributed by atoms with Gasteiger partial charge < -0.3 is 14.9 Å². The molecule has 0 saturated heterocycles. The summed E-state index contributed by atoms with van der Waals surface area (Å²) < 4.78 is 5.67. The second-order valence-electron chi connectivity index (χ2n) is 5.59. The van der Waals surface area contributed by atoms with E-state index in [1.54, 1.807) is 11.8 Å². The van der Waals surface area contributed by atoms with Crippen molar-refractivity contribution in [3.05, 3.63) is 42.0 Å². The number of aliphatic carboxylic acids is 1. The molecule has 1 rings (SSSR count). The average Bonchev–Trinajstić information content (AvgIpc) is 2.57. The van der Waals surface area contributed by atoms with Crippen LogP contribution < -0.4 is 4.74 Å². The van der Waals surface area contributed by atoms with Crippen LogP contribution in [0.25, 0.3) is 0 Å². The maximum atomic E-state index is 10.4. The molecule has 0 amide bonds. The van der Waals surface area contributed by atoms with Crippen molar-refractivity contribution in [3.8, 4) is 5.75 Å². The number of ether oxygens (including phenoxy) is 1. The highest BCUT2D eigenvalue weighted by atomic mass is 32.2. The Balaban J connectivity index is 2.27. The molecule has 24 heavy (non-hydrogen) atoms. The van der Waals surface area contributed by atoms with Crippen LogP contribution in [0, 0.1) is 0 Å². The summed E-state index contributed by atoms with van der Waals surface area (Å²) in [6, 6.07) is 7.61. The fourth-order valence-electron chi connectivity index (χ4n) is 2.16. The molecule has 0 fully saturated rings. The van der Waals surface area contributed by atoms with Crippen LogP contribution in [0.1, 0.15) is 50.7 Å². The lowest BCUT2D eigenvalue weighted by Gasteiger charge is -2.12. The molecule has 0 bridgehead atoms. The third kappa shape index (κ3) is 9.63. The first-order valence-electron chi connectivity index (χ1n) is 8.48. The molecule has 5 heteroatoms. The summed E-state index contributed by atoms with van der Waals surface area (Å²) in [5.41, 5.74) is 0.900. The first-order valence-corrected chi connectivity index (χ1v) is 9.64. The Kier molecular flexibility index (Phi) is 11.1. The molecule has 0 aromatic heterocycles. The minimum atomic E-state index is -0.758. The fraction of sp³-hybridized carbons (Fsp3) is 0.526. The Morgan fingerprint density at radius 3 is 2.92 bits per heavy atom. The summed E-state index contributed by atoms with van der Waals surface area (Å²) in [6.07, 6.45) is 7.78. The number of aliphatic hydroxyl groups is 1. The average molecular weight is 352 g/mol. The zero-order valence-electron chi connectivity index (χ0n) is 14.3. The van der Waals surface area contributed by atoms with Crippen LogP contribution in [-0.4, -0.2) is 34.3 Å². The predicted octanol–water partition coefficient (Wildman–Crippen LogP) is 4.44. The van der Waals surface area contributed by atoms with Crippen molar-refractivity contribution in [2.24, 2.45) is 0 Å². The van der Waals surface area contributed by atoms with Crippen molar-refractivity contribution in [1.82, 2.24) is 0 Å². The highest BCUT2D eigenvalue weighted by Crippen LogP contribution is 2.23. The number of thioether (sulfide) groups is 1. The van der Waals surface area contributed by atoms with Gasteiger partial charge in [-0.2, -0.15) is 11.8 Å². The number of unbranched alkanes of at least 4 members (excludes halogenated alkanes) is 2. The molecule has 1 atom stereocenters. The summed E-state index contributed by atoms with van der Waals surface area (Å²) >= 11 is 1.59. The van der Waals surface area contributed by atoms with Gasteiger partial charge in [0.1, 0.15) is 12.4 Å². The zero-order valence-corrected chi connectivity index (χ0v) is 15.1. The van der Waals surface area contributed by atoms with Gasteiger partial charge in [0.05, 0.1) is 12.5 Å². The monoisotopic (exact) mass is 352 g/mol. The van der Waals surface area contributed by atoms with Gasteiger partial charge in [0.25, 0.3) is 0 Å². The third-order valence-corrected chi connectivity index (χ3v) is 4.43. The van der Waals surface area contributed by atoms with Gasteiger partial charge in [-0.05, 0) is 24.1 Å². The van der Waals surface area contributed by atoms with Crippen LogP contribution in [0.5, 0.6) is 5.75 Å². The molecular weight excluding hydrogens is 324 g/mol. The lowest BCUT2D eigenvalue weighted by atomic mass is 10.0. The van der Waals surface area contributed by atoms with Gasteiger partial charge in [-0.1, -0.05) is 50.5 Å². The van der Waals surface area contributed by atoms with E-state index >= 15 is 0 Å². The maximum Gasteiger partial charge on any atom is 0.304 e. The topological polar surface area (TPSA) is 66.8 Å². The lowest BCUT2D eigenvalue weighted by molar-refractivity contribution is -0.136. The largest absolute Gasteiger partial charge is 0.490 e. The molecule has 134 valence electrons. The van der Waals surface area contributed by atoms with Gasteiger partial charge in [-0.25, -0.2) is 0 Å². The molecule has 0 radical (unpaired) electrons. The molecule has 1 unspecified atom stereocenters. The summed E-state index contributed by atoms with van der Waals surface area (Å²) in [6.45, 7) is 2.62. The second kappa shape index (κ2) is 12.9. The summed E-state index contributed by atoms with van der Waals surface area (Å²) in [4.78, 5) is 10.4. The second-order valence-corrected chi connectivity index (χ2v) is 6.73. The van der Waals surface area contributed by atoms with E-state index in [1.165, 1.54) is 0 Å². The quantitative estimate of drug-likeness (QED) is 0.406. The Bertz CT molecular complexity index is 502. The molecule has 0 spiro atoms. The minimum Gasteiger partial charge on any atom is -0.490 e. The zero-order chi connectivity index (χ0) is 17.6. The van der Waals surface area contributed by atoms with Crippen molar-refractivity contribution in [2.45, 2.75) is 45.1 Å². The highest BCUT2D eigenvalue weighted by molar-refractivity contribution is 7.99. The molecule has 1 aromatic carbocycles. The van der Waals surface area contributed by atoms with E-state index in [2.05, 4.69) is 6.92 Å². The Labute approximate surface area is 148 Å². The standard InChI is InChI=1S/C19H28O4S/c1-2-3-4-10-18(20)16-8-7-9-17(15-16)23-12-5-6-13-24-14-11-19(21)22/h5-9,15,18,20H,2-4,10-14H2,1H3,(H,21,22). The predicted molar refractivity (Wildman–Crippen MR) is 99.8 cm³/mol.